The third-order valence-corrected chi connectivity index (χ3v) is 8.00. The third-order valence-electron chi connectivity index (χ3n) is 8.00. The van der Waals surface area contributed by atoms with Crippen molar-refractivity contribution < 1.29 is 9.53 Å². The van der Waals surface area contributed by atoms with Crippen LogP contribution in [0.5, 0.6) is 0 Å². The van der Waals surface area contributed by atoms with Crippen LogP contribution in [0.4, 0.5) is 5.82 Å². The van der Waals surface area contributed by atoms with Crippen molar-refractivity contribution in [3.63, 3.8) is 0 Å². The highest BCUT2D eigenvalue weighted by Crippen LogP contribution is 2.27. The standard InChI is InChI=1S/C33H42N6O2/c1-41-31(40)10-6-3-7-21-39(28-16-18-34-19-17-28)23-26-11-13-27(14-12-26)30-22-29-32(36-24-37-33(29)38-30)35-20-15-25-8-4-2-5-9-25/h2,4-5,8-9,11-14,22,24,28,34H,3,6-7,10,15-21,23H2,1H3,(H2,35,36,37,38). The van der Waals surface area contributed by atoms with Crippen LogP contribution in [0.2, 0.25) is 0 Å². The second kappa shape index (κ2) is 14.8. The van der Waals surface area contributed by atoms with Crippen LogP contribution in [-0.2, 0) is 22.5 Å². The van der Waals surface area contributed by atoms with Crippen LogP contribution in [0, 0.1) is 0 Å². The summed E-state index contributed by atoms with van der Waals surface area (Å²) in [6.45, 7) is 4.96. The van der Waals surface area contributed by atoms with Gasteiger partial charge in [-0.2, -0.15) is 0 Å². The van der Waals surface area contributed by atoms with E-state index in [1.165, 1.54) is 31.1 Å². The summed E-state index contributed by atoms with van der Waals surface area (Å²) in [5, 5.41) is 7.99. The normalized spacial score (nSPS) is 14.0. The van der Waals surface area contributed by atoms with Gasteiger partial charge in [0.05, 0.1) is 12.5 Å². The zero-order valence-corrected chi connectivity index (χ0v) is 24.1. The summed E-state index contributed by atoms with van der Waals surface area (Å²) in [5.41, 5.74) is 5.64. The van der Waals surface area contributed by atoms with Crippen molar-refractivity contribution in [2.45, 2.75) is 57.5 Å². The fraction of sp³-hybridized carbons (Fsp3) is 0.424. The van der Waals surface area contributed by atoms with Gasteiger partial charge in [0.1, 0.15) is 17.8 Å². The van der Waals surface area contributed by atoms with Crippen LogP contribution in [0.3, 0.4) is 0 Å². The van der Waals surface area contributed by atoms with Crippen LogP contribution >= 0.6 is 0 Å². The van der Waals surface area contributed by atoms with Crippen molar-refractivity contribution in [2.75, 3.05) is 38.6 Å². The number of aromatic nitrogens is 3. The molecule has 3 N–H and O–H groups in total. The number of anilines is 1. The number of benzene rings is 2. The first-order valence-electron chi connectivity index (χ1n) is 14.9. The van der Waals surface area contributed by atoms with E-state index in [9.17, 15) is 4.79 Å². The highest BCUT2D eigenvalue weighted by atomic mass is 16.5. The maximum atomic E-state index is 11.4. The first kappa shape index (κ1) is 28.8. The number of hydrogen-bond acceptors (Lipinski definition) is 7. The zero-order chi connectivity index (χ0) is 28.3. The van der Waals surface area contributed by atoms with Gasteiger partial charge in [0.2, 0.25) is 0 Å². The largest absolute Gasteiger partial charge is 0.469 e. The predicted octanol–water partition coefficient (Wildman–Crippen LogP) is 5.57. The first-order chi connectivity index (χ1) is 20.2. The lowest BCUT2D eigenvalue weighted by molar-refractivity contribution is -0.140. The summed E-state index contributed by atoms with van der Waals surface area (Å²) in [7, 11) is 1.46. The van der Waals surface area contributed by atoms with Crippen molar-refractivity contribution >= 4 is 22.8 Å². The molecular weight excluding hydrogens is 512 g/mol. The summed E-state index contributed by atoms with van der Waals surface area (Å²) in [5.74, 6) is 0.743. The van der Waals surface area contributed by atoms with Crippen LogP contribution < -0.4 is 10.6 Å². The van der Waals surface area contributed by atoms with Gasteiger partial charge < -0.3 is 20.4 Å². The summed E-state index contributed by atoms with van der Waals surface area (Å²) in [6.07, 6.45) is 8.44. The van der Waals surface area contributed by atoms with Gasteiger partial charge in [-0.3, -0.25) is 9.69 Å². The number of hydrogen-bond donors (Lipinski definition) is 3. The Labute approximate surface area is 242 Å². The van der Waals surface area contributed by atoms with E-state index in [4.69, 9.17) is 4.74 Å². The molecule has 1 fully saturated rings. The van der Waals surface area contributed by atoms with Crippen LogP contribution in [0.1, 0.15) is 49.7 Å². The molecule has 0 bridgehead atoms. The molecule has 0 atom stereocenters. The van der Waals surface area contributed by atoms with E-state index in [1.54, 1.807) is 6.33 Å². The van der Waals surface area contributed by atoms with Crippen molar-refractivity contribution in [2.24, 2.45) is 0 Å². The number of fused-ring (bicyclic) bond motifs is 1. The van der Waals surface area contributed by atoms with Gasteiger partial charge in [-0.05, 0) is 74.5 Å². The molecule has 0 amide bonds. The molecule has 8 nitrogen and oxygen atoms in total. The quantitative estimate of drug-likeness (QED) is 0.139. The maximum absolute atomic E-state index is 11.4. The number of methoxy groups -OCH3 is 1. The van der Waals surface area contributed by atoms with Gasteiger partial charge in [-0.15, -0.1) is 0 Å². The Balaban J connectivity index is 1.21. The average molecular weight is 555 g/mol. The number of carbonyl (C=O) groups excluding carboxylic acids is 1. The summed E-state index contributed by atoms with van der Waals surface area (Å²) < 4.78 is 4.78. The molecule has 0 spiro atoms. The average Bonchev–Trinajstić information content (AvgIpc) is 3.47. The highest BCUT2D eigenvalue weighted by molar-refractivity contribution is 5.91. The molecule has 5 rings (SSSR count). The number of piperidine rings is 1. The Kier molecular flexibility index (Phi) is 10.4. The second-order valence-electron chi connectivity index (χ2n) is 10.9. The molecule has 0 unspecified atom stereocenters. The molecule has 0 aliphatic carbocycles. The SMILES string of the molecule is COC(=O)CCCCCN(Cc1ccc(-c2cc3c(NCCc4ccccc4)ncnc3[nH]2)cc1)C1CCNCC1. The minimum Gasteiger partial charge on any atom is -0.469 e. The van der Waals surface area contributed by atoms with Crippen LogP contribution in [0.15, 0.2) is 67.0 Å². The highest BCUT2D eigenvalue weighted by Gasteiger charge is 2.21. The Morgan fingerprint density at radius 1 is 1.00 bits per heavy atom. The lowest BCUT2D eigenvalue weighted by atomic mass is 10.0. The fourth-order valence-corrected chi connectivity index (χ4v) is 5.66. The predicted molar refractivity (Wildman–Crippen MR) is 165 cm³/mol. The van der Waals surface area contributed by atoms with Crippen LogP contribution in [-0.4, -0.2) is 65.2 Å². The van der Waals surface area contributed by atoms with Gasteiger partial charge in [0, 0.05) is 31.2 Å². The number of nitrogens with zero attached hydrogens (tertiary/aromatic N) is 3. The van der Waals surface area contributed by atoms with Gasteiger partial charge in [0.15, 0.2) is 0 Å². The van der Waals surface area contributed by atoms with E-state index < -0.39 is 0 Å². The molecule has 1 aliphatic heterocycles. The molecule has 216 valence electrons. The number of aromatic amines is 1. The van der Waals surface area contributed by atoms with Gasteiger partial charge >= 0.3 is 5.97 Å². The van der Waals surface area contributed by atoms with E-state index in [-0.39, 0.29) is 5.97 Å². The van der Waals surface area contributed by atoms with Crippen molar-refractivity contribution in [1.29, 1.82) is 0 Å². The molecule has 3 heterocycles. The Hall–Kier alpha value is -3.75. The van der Waals surface area contributed by atoms with Gasteiger partial charge in [-0.1, -0.05) is 61.0 Å². The smallest absolute Gasteiger partial charge is 0.305 e. The molecular formula is C33H42N6O2. The van der Waals surface area contributed by atoms with Gasteiger partial charge in [-0.25, -0.2) is 9.97 Å². The molecule has 0 saturated carbocycles. The van der Waals surface area contributed by atoms with Gasteiger partial charge in [0.25, 0.3) is 0 Å². The minimum atomic E-state index is -0.113. The molecule has 4 aromatic rings. The number of ether oxygens (including phenoxy) is 1. The number of carbonyl (C=O) groups is 1. The lowest BCUT2D eigenvalue weighted by Gasteiger charge is -2.35. The molecule has 2 aromatic heterocycles. The van der Waals surface area contributed by atoms with E-state index >= 15 is 0 Å². The molecule has 41 heavy (non-hydrogen) atoms. The number of nitrogens with one attached hydrogen (secondary N) is 3. The number of rotatable bonds is 14. The summed E-state index contributed by atoms with van der Waals surface area (Å²) in [6, 6.07) is 22.1. The van der Waals surface area contributed by atoms with Crippen molar-refractivity contribution in [3.8, 4) is 11.3 Å². The molecule has 2 aromatic carbocycles. The third kappa shape index (κ3) is 8.15. The monoisotopic (exact) mass is 554 g/mol. The molecule has 1 aliphatic rings. The Morgan fingerprint density at radius 2 is 1.80 bits per heavy atom. The molecule has 8 heteroatoms. The van der Waals surface area contributed by atoms with Crippen LogP contribution in [0.25, 0.3) is 22.3 Å². The number of H-pyrrole nitrogens is 1. The Bertz CT molecular complexity index is 1370. The zero-order valence-electron chi connectivity index (χ0n) is 24.1. The minimum absolute atomic E-state index is 0.113. The summed E-state index contributed by atoms with van der Waals surface area (Å²) >= 11 is 0. The molecule has 0 radical (unpaired) electrons. The van der Waals surface area contributed by atoms with Crippen molar-refractivity contribution in [1.82, 2.24) is 25.2 Å². The second-order valence-corrected chi connectivity index (χ2v) is 10.9. The molecule has 1 saturated heterocycles. The fourth-order valence-electron chi connectivity index (χ4n) is 5.66. The topological polar surface area (TPSA) is 95.2 Å². The summed E-state index contributed by atoms with van der Waals surface area (Å²) in [4.78, 5) is 26.5. The number of unbranched alkanes of at least 4 members (excludes halogenated alkanes) is 2. The van der Waals surface area contributed by atoms with E-state index in [0.717, 1.165) is 86.5 Å². The number of esters is 1. The van der Waals surface area contributed by atoms with E-state index in [2.05, 4.69) is 85.1 Å². The maximum Gasteiger partial charge on any atom is 0.305 e. The Morgan fingerprint density at radius 3 is 2.59 bits per heavy atom. The van der Waals surface area contributed by atoms with E-state index in [1.807, 2.05) is 6.07 Å². The van der Waals surface area contributed by atoms with Crippen molar-refractivity contribution in [3.05, 3.63) is 78.1 Å². The first-order valence-corrected chi connectivity index (χ1v) is 14.9. The van der Waals surface area contributed by atoms with E-state index in [0.29, 0.717) is 12.5 Å². The lowest BCUT2D eigenvalue weighted by Crippen LogP contribution is -2.43.